The van der Waals surface area contributed by atoms with Crippen LogP contribution in [0.2, 0.25) is 0 Å². The fourth-order valence-corrected chi connectivity index (χ4v) is 5.14. The minimum atomic E-state index is -0.382. The fraction of sp³-hybridized carbons (Fsp3) is 0.320. The minimum Gasteiger partial charge on any atom is -0.412 e. The molecule has 1 saturated heterocycles. The second-order valence-corrected chi connectivity index (χ2v) is 9.35. The zero-order valence-electron chi connectivity index (χ0n) is 18.9. The topological polar surface area (TPSA) is 72.3 Å². The summed E-state index contributed by atoms with van der Waals surface area (Å²) in [7, 11) is 1.42. The number of fused-ring (bicyclic) bond motifs is 1. The van der Waals surface area contributed by atoms with Gasteiger partial charge in [0.05, 0.1) is 5.56 Å². The zero-order chi connectivity index (χ0) is 23.7. The van der Waals surface area contributed by atoms with Gasteiger partial charge in [-0.05, 0) is 62.5 Å². The highest BCUT2D eigenvalue weighted by atomic mass is 35.5. The zero-order valence-corrected chi connectivity index (χ0v) is 20.4. The molecule has 34 heavy (non-hydrogen) atoms. The number of hydrogen-bond acceptors (Lipinski definition) is 6. The average molecular weight is 498 g/mol. The van der Waals surface area contributed by atoms with Crippen LogP contribution in [0.3, 0.4) is 0 Å². The molecule has 2 aromatic heterocycles. The molecule has 0 spiro atoms. The summed E-state index contributed by atoms with van der Waals surface area (Å²) >= 11 is 12.8. The Bertz CT molecular complexity index is 1340. The first-order chi connectivity index (χ1) is 16.5. The summed E-state index contributed by atoms with van der Waals surface area (Å²) in [5.74, 6) is 0.366. The highest BCUT2D eigenvalue weighted by Gasteiger charge is 2.22. The van der Waals surface area contributed by atoms with Crippen LogP contribution < -0.4 is 15.7 Å². The molecule has 0 atom stereocenters. The van der Waals surface area contributed by atoms with Crippen LogP contribution in [0.25, 0.3) is 16.6 Å². The lowest BCUT2D eigenvalue weighted by Gasteiger charge is -2.17. The van der Waals surface area contributed by atoms with Crippen molar-refractivity contribution in [3.05, 3.63) is 74.1 Å². The van der Waals surface area contributed by atoms with Crippen LogP contribution in [0.1, 0.15) is 36.8 Å². The second-order valence-electron chi connectivity index (χ2n) is 8.49. The number of nitrogens with zero attached hydrogens (tertiary/aromatic N) is 4. The maximum absolute atomic E-state index is 13.2. The van der Waals surface area contributed by atoms with Gasteiger partial charge in [-0.2, -0.15) is 4.98 Å². The SMILES string of the molecule is COn1c(=O)c(C2=C(Cl)CCC=C2Cl)cc2cnc(Nc3ccc(CN4CCCC4)cc3)nc21. The minimum absolute atomic E-state index is 0.354. The third-order valence-electron chi connectivity index (χ3n) is 6.17. The van der Waals surface area contributed by atoms with E-state index in [1.54, 1.807) is 12.3 Å². The Hall–Kier alpha value is -2.87. The van der Waals surface area contributed by atoms with Gasteiger partial charge >= 0.3 is 0 Å². The van der Waals surface area contributed by atoms with Gasteiger partial charge < -0.3 is 10.2 Å². The van der Waals surface area contributed by atoms with Crippen molar-refractivity contribution >= 4 is 51.4 Å². The maximum Gasteiger partial charge on any atom is 0.293 e. The number of rotatable bonds is 6. The number of aromatic nitrogens is 3. The van der Waals surface area contributed by atoms with Crippen LogP contribution in [-0.2, 0) is 6.54 Å². The van der Waals surface area contributed by atoms with Gasteiger partial charge in [0, 0.05) is 39.5 Å². The molecule has 0 amide bonds. The molecule has 1 aliphatic heterocycles. The van der Waals surface area contributed by atoms with E-state index in [-0.39, 0.29) is 5.56 Å². The molecule has 0 radical (unpaired) electrons. The van der Waals surface area contributed by atoms with Crippen LogP contribution in [0.5, 0.6) is 0 Å². The third-order valence-corrected chi connectivity index (χ3v) is 6.89. The maximum atomic E-state index is 13.2. The smallest absolute Gasteiger partial charge is 0.293 e. The average Bonchev–Trinajstić information content (AvgIpc) is 3.34. The Morgan fingerprint density at radius 1 is 1.15 bits per heavy atom. The van der Waals surface area contributed by atoms with Gasteiger partial charge in [0.25, 0.3) is 5.56 Å². The van der Waals surface area contributed by atoms with Gasteiger partial charge in [0.15, 0.2) is 5.65 Å². The van der Waals surface area contributed by atoms with E-state index in [0.29, 0.717) is 44.6 Å². The number of anilines is 2. The summed E-state index contributed by atoms with van der Waals surface area (Å²) < 4.78 is 1.15. The highest BCUT2D eigenvalue weighted by Crippen LogP contribution is 2.36. The molecule has 2 aliphatic rings. The summed E-state index contributed by atoms with van der Waals surface area (Å²) in [6.45, 7) is 3.30. The van der Waals surface area contributed by atoms with Crippen molar-refractivity contribution in [1.29, 1.82) is 0 Å². The Labute approximate surface area is 207 Å². The monoisotopic (exact) mass is 497 g/mol. The number of allylic oxidation sites excluding steroid dienone is 4. The normalized spacial score (nSPS) is 16.7. The summed E-state index contributed by atoms with van der Waals surface area (Å²) in [5, 5.41) is 4.86. The molecule has 1 aromatic carbocycles. The molecule has 0 saturated carbocycles. The molecular formula is C25H25Cl2N5O2. The number of halogens is 2. The van der Waals surface area contributed by atoms with Gasteiger partial charge in [-0.25, -0.2) is 4.98 Å². The van der Waals surface area contributed by atoms with Gasteiger partial charge in [0.1, 0.15) is 7.11 Å². The number of hydrogen-bond donors (Lipinski definition) is 1. The van der Waals surface area contributed by atoms with E-state index in [1.165, 1.54) is 38.6 Å². The quantitative estimate of drug-likeness (QED) is 0.513. The van der Waals surface area contributed by atoms with Crippen LogP contribution in [0, 0.1) is 0 Å². The predicted molar refractivity (Wildman–Crippen MR) is 136 cm³/mol. The summed E-state index contributed by atoms with van der Waals surface area (Å²) in [6.07, 6.45) is 7.45. The molecule has 0 bridgehead atoms. The first-order valence-corrected chi connectivity index (χ1v) is 12.1. The Morgan fingerprint density at radius 2 is 1.91 bits per heavy atom. The number of pyridine rings is 1. The molecule has 1 fully saturated rings. The summed E-state index contributed by atoms with van der Waals surface area (Å²) in [4.78, 5) is 30.1. The molecule has 1 aliphatic carbocycles. The van der Waals surface area contributed by atoms with Crippen molar-refractivity contribution in [3.8, 4) is 0 Å². The molecule has 5 rings (SSSR count). The number of likely N-dealkylation sites (tertiary alicyclic amines) is 1. The van der Waals surface area contributed by atoms with Crippen molar-refractivity contribution in [2.24, 2.45) is 0 Å². The molecule has 7 nitrogen and oxygen atoms in total. The standard InChI is InChI=1S/C25H25Cl2N5O2/c1-34-32-23-17(13-19(24(32)33)22-20(26)5-4-6-21(22)27)14-28-25(30-23)29-18-9-7-16(8-10-18)15-31-11-2-3-12-31/h5,7-10,13-14H,2-4,6,11-12,15H2,1H3,(H,28,29,30). The highest BCUT2D eigenvalue weighted by molar-refractivity contribution is 6.42. The van der Waals surface area contributed by atoms with E-state index in [0.717, 1.165) is 23.4 Å². The summed E-state index contributed by atoms with van der Waals surface area (Å²) in [5.41, 5.74) is 3.00. The van der Waals surface area contributed by atoms with Crippen molar-refractivity contribution in [3.63, 3.8) is 0 Å². The van der Waals surface area contributed by atoms with Crippen molar-refractivity contribution in [1.82, 2.24) is 19.6 Å². The van der Waals surface area contributed by atoms with Crippen LogP contribution in [0.15, 0.2) is 57.5 Å². The Morgan fingerprint density at radius 3 is 2.62 bits per heavy atom. The van der Waals surface area contributed by atoms with Gasteiger partial charge in [-0.3, -0.25) is 9.69 Å². The van der Waals surface area contributed by atoms with Crippen LogP contribution in [-0.4, -0.2) is 39.8 Å². The van der Waals surface area contributed by atoms with Crippen molar-refractivity contribution in [2.75, 3.05) is 25.5 Å². The van der Waals surface area contributed by atoms with E-state index < -0.39 is 0 Å². The third kappa shape index (κ3) is 4.56. The Kier molecular flexibility index (Phi) is 6.59. The lowest BCUT2D eigenvalue weighted by molar-refractivity contribution is 0.167. The van der Waals surface area contributed by atoms with E-state index in [9.17, 15) is 4.79 Å². The molecule has 9 heteroatoms. The predicted octanol–water partition coefficient (Wildman–Crippen LogP) is 5.06. The van der Waals surface area contributed by atoms with E-state index >= 15 is 0 Å². The largest absolute Gasteiger partial charge is 0.412 e. The number of benzene rings is 1. The fourth-order valence-electron chi connectivity index (χ4n) is 4.46. The Balaban J connectivity index is 1.44. The lowest BCUT2D eigenvalue weighted by Crippen LogP contribution is -2.29. The lowest BCUT2D eigenvalue weighted by atomic mass is 9.99. The first kappa shape index (κ1) is 22.9. The molecule has 3 heterocycles. The molecule has 176 valence electrons. The van der Waals surface area contributed by atoms with E-state index in [4.69, 9.17) is 28.0 Å². The molecular weight excluding hydrogens is 473 g/mol. The van der Waals surface area contributed by atoms with Crippen LogP contribution >= 0.6 is 23.2 Å². The van der Waals surface area contributed by atoms with Gasteiger partial charge in [-0.1, -0.05) is 41.4 Å². The first-order valence-electron chi connectivity index (χ1n) is 11.3. The van der Waals surface area contributed by atoms with Gasteiger partial charge in [-0.15, -0.1) is 4.73 Å². The summed E-state index contributed by atoms with van der Waals surface area (Å²) in [6, 6.07) is 9.95. The number of nitrogens with one attached hydrogen (secondary N) is 1. The molecule has 1 N–H and O–H groups in total. The van der Waals surface area contributed by atoms with Crippen molar-refractivity contribution < 1.29 is 4.84 Å². The van der Waals surface area contributed by atoms with E-state index in [2.05, 4.69) is 32.3 Å². The second kappa shape index (κ2) is 9.78. The van der Waals surface area contributed by atoms with Crippen molar-refractivity contribution in [2.45, 2.75) is 32.2 Å². The van der Waals surface area contributed by atoms with Gasteiger partial charge in [0.2, 0.25) is 5.95 Å². The molecule has 3 aromatic rings. The van der Waals surface area contributed by atoms with E-state index in [1.807, 2.05) is 18.2 Å². The molecule has 0 unspecified atom stereocenters. The van der Waals surface area contributed by atoms with Crippen LogP contribution in [0.4, 0.5) is 11.6 Å².